The Labute approximate surface area is 204 Å². The van der Waals surface area contributed by atoms with Crippen LogP contribution in [0.25, 0.3) is 0 Å². The van der Waals surface area contributed by atoms with E-state index in [1.807, 2.05) is 43.3 Å². The molecule has 0 aromatic heterocycles. The molecule has 4 atom stereocenters. The Morgan fingerprint density at radius 1 is 0.857 bits per heavy atom. The molecule has 1 N–H and O–H groups in total. The van der Waals surface area contributed by atoms with Gasteiger partial charge in [-0.1, -0.05) is 73.7 Å². The van der Waals surface area contributed by atoms with Crippen LogP contribution in [0.2, 0.25) is 0 Å². The Balaban J connectivity index is 1.58. The summed E-state index contributed by atoms with van der Waals surface area (Å²) in [6.07, 6.45) is 1.67. The van der Waals surface area contributed by atoms with Gasteiger partial charge >= 0.3 is 0 Å². The molecule has 3 aromatic rings. The lowest BCUT2D eigenvalue weighted by molar-refractivity contribution is -0.118. The van der Waals surface area contributed by atoms with Crippen molar-refractivity contribution in [3.05, 3.63) is 114 Å². The van der Waals surface area contributed by atoms with Crippen LogP contribution in [-0.2, 0) is 14.8 Å². The summed E-state index contributed by atoms with van der Waals surface area (Å²) in [7, 11) is -4.00. The van der Waals surface area contributed by atoms with E-state index in [4.69, 9.17) is 0 Å². The fourth-order valence-corrected chi connectivity index (χ4v) is 6.23. The van der Waals surface area contributed by atoms with Gasteiger partial charge in [-0.25, -0.2) is 0 Å². The molecule has 176 valence electrons. The lowest BCUT2D eigenvalue weighted by atomic mass is 9.81. The van der Waals surface area contributed by atoms with Crippen LogP contribution in [0.1, 0.15) is 28.8 Å². The van der Waals surface area contributed by atoms with Crippen LogP contribution >= 0.6 is 0 Å². The number of nitrogens with zero attached hydrogens (tertiary/aromatic N) is 1. The molecule has 7 heteroatoms. The van der Waals surface area contributed by atoms with Crippen LogP contribution in [0.4, 0.5) is 0 Å². The summed E-state index contributed by atoms with van der Waals surface area (Å²) in [5.74, 6) is -2.26. The van der Waals surface area contributed by atoms with Gasteiger partial charge in [0.1, 0.15) is 0 Å². The fraction of sp³-hybridized carbons (Fsp3) is 0.179. The van der Waals surface area contributed by atoms with E-state index in [1.54, 1.807) is 48.5 Å². The van der Waals surface area contributed by atoms with E-state index in [0.29, 0.717) is 11.3 Å². The van der Waals surface area contributed by atoms with Crippen LogP contribution < -0.4 is 5.32 Å². The molecule has 2 aliphatic carbocycles. The minimum atomic E-state index is -4.00. The average molecular weight is 485 g/mol. The van der Waals surface area contributed by atoms with Crippen molar-refractivity contribution in [2.24, 2.45) is 22.2 Å². The predicted molar refractivity (Wildman–Crippen MR) is 133 cm³/mol. The molecule has 2 bridgehead atoms. The molecule has 0 unspecified atom stereocenters. The molecule has 6 nitrogen and oxygen atoms in total. The van der Waals surface area contributed by atoms with Crippen LogP contribution in [0, 0.1) is 17.8 Å². The molecule has 0 heterocycles. The molecule has 0 spiro atoms. The molecule has 0 radical (unpaired) electrons. The number of allylic oxidation sites excluding steroid dienone is 2. The smallest absolute Gasteiger partial charge is 0.282 e. The van der Waals surface area contributed by atoms with Gasteiger partial charge in [-0.2, -0.15) is 12.8 Å². The van der Waals surface area contributed by atoms with Gasteiger partial charge in [0.15, 0.2) is 5.78 Å². The Morgan fingerprint density at radius 2 is 1.43 bits per heavy atom. The first-order chi connectivity index (χ1) is 16.9. The highest BCUT2D eigenvalue weighted by molar-refractivity contribution is 7.90. The summed E-state index contributed by atoms with van der Waals surface area (Å²) in [4.78, 5) is 26.6. The van der Waals surface area contributed by atoms with Crippen molar-refractivity contribution in [2.45, 2.75) is 17.7 Å². The van der Waals surface area contributed by atoms with E-state index in [9.17, 15) is 18.0 Å². The van der Waals surface area contributed by atoms with Crippen LogP contribution in [0.5, 0.6) is 0 Å². The largest absolute Gasteiger partial charge is 0.319 e. The SMILES string of the molecule is C[C@@H]1[C@@H](c2ccccc2)[C@H]2C(=O)C(NC(=O)c3ccccc3)=C[C@@H]1/C2=N\S(=O)(=O)c1ccccc1. The molecular weight excluding hydrogens is 460 g/mol. The monoisotopic (exact) mass is 484 g/mol. The van der Waals surface area contributed by atoms with Gasteiger partial charge in [0, 0.05) is 17.4 Å². The van der Waals surface area contributed by atoms with Gasteiger partial charge in [-0.05, 0) is 41.8 Å². The molecular formula is C28H24N2O4S. The minimum Gasteiger partial charge on any atom is -0.319 e. The lowest BCUT2D eigenvalue weighted by Gasteiger charge is -2.24. The summed E-state index contributed by atoms with van der Waals surface area (Å²) in [6.45, 7) is 2.00. The molecule has 2 aliphatic rings. The van der Waals surface area contributed by atoms with Crippen molar-refractivity contribution in [3.8, 4) is 0 Å². The molecule has 3 aromatic carbocycles. The second kappa shape index (κ2) is 9.07. The first-order valence-electron chi connectivity index (χ1n) is 11.4. The molecule has 0 saturated heterocycles. The number of carbonyl (C=O) groups excluding carboxylic acids is 2. The first kappa shape index (κ1) is 22.9. The second-order valence-corrected chi connectivity index (χ2v) is 10.5. The third-order valence-corrected chi connectivity index (χ3v) is 8.10. The zero-order valence-corrected chi connectivity index (χ0v) is 19.9. The van der Waals surface area contributed by atoms with Crippen molar-refractivity contribution in [3.63, 3.8) is 0 Å². The van der Waals surface area contributed by atoms with Gasteiger partial charge < -0.3 is 5.32 Å². The maximum atomic E-state index is 13.8. The topological polar surface area (TPSA) is 92.7 Å². The highest BCUT2D eigenvalue weighted by Crippen LogP contribution is 2.50. The van der Waals surface area contributed by atoms with Gasteiger partial charge in [0.25, 0.3) is 15.9 Å². The molecule has 1 fully saturated rings. The number of Topliss-reactive ketones (excluding diaryl/α,β-unsaturated/α-hetero) is 1. The van der Waals surface area contributed by atoms with Crippen LogP contribution in [-0.4, -0.2) is 25.8 Å². The number of rotatable bonds is 5. The third-order valence-electron chi connectivity index (χ3n) is 6.78. The summed E-state index contributed by atoms with van der Waals surface area (Å²) in [5, 5.41) is 2.76. The number of fused-ring (bicyclic) bond motifs is 2. The number of hydrogen-bond donors (Lipinski definition) is 1. The van der Waals surface area contributed by atoms with Crippen molar-refractivity contribution >= 4 is 27.4 Å². The van der Waals surface area contributed by atoms with Crippen molar-refractivity contribution < 1.29 is 18.0 Å². The number of benzene rings is 3. The van der Waals surface area contributed by atoms with E-state index in [-0.39, 0.29) is 34.1 Å². The van der Waals surface area contributed by atoms with Crippen molar-refractivity contribution in [1.82, 2.24) is 5.32 Å². The number of sulfonamides is 1. The Hall–Kier alpha value is -3.84. The lowest BCUT2D eigenvalue weighted by Crippen LogP contribution is -2.38. The highest BCUT2D eigenvalue weighted by Gasteiger charge is 2.53. The predicted octanol–water partition coefficient (Wildman–Crippen LogP) is 4.38. The van der Waals surface area contributed by atoms with Gasteiger partial charge in [0.2, 0.25) is 0 Å². The highest BCUT2D eigenvalue weighted by atomic mass is 32.2. The van der Waals surface area contributed by atoms with Gasteiger partial charge in [-0.15, -0.1) is 0 Å². The zero-order chi connectivity index (χ0) is 24.6. The van der Waals surface area contributed by atoms with E-state index in [2.05, 4.69) is 9.71 Å². The Bertz CT molecular complexity index is 1430. The molecule has 1 saturated carbocycles. The maximum absolute atomic E-state index is 13.8. The maximum Gasteiger partial charge on any atom is 0.282 e. The second-order valence-electron chi connectivity index (χ2n) is 8.87. The van der Waals surface area contributed by atoms with E-state index >= 15 is 0 Å². The van der Waals surface area contributed by atoms with Gasteiger partial charge in [0.05, 0.1) is 22.2 Å². The number of carbonyl (C=O) groups is 2. The Kier molecular flexibility index (Phi) is 5.94. The minimum absolute atomic E-state index is 0.0791. The number of nitrogens with one attached hydrogen (secondary N) is 1. The van der Waals surface area contributed by atoms with Crippen LogP contribution in [0.3, 0.4) is 0 Å². The molecule has 5 rings (SSSR count). The molecule has 1 amide bonds. The zero-order valence-electron chi connectivity index (χ0n) is 19.0. The van der Waals surface area contributed by atoms with Crippen LogP contribution in [0.15, 0.2) is 112 Å². The van der Waals surface area contributed by atoms with E-state index in [0.717, 1.165) is 5.56 Å². The standard InChI is InChI=1S/C28H24N2O4S/c1-18-22-17-23(29-28(32)20-13-7-3-8-14-20)27(31)25(24(18)19-11-5-2-6-12-19)26(22)30-35(33,34)21-15-9-4-10-16-21/h2-18,22,24-25H,1H3,(H,29,32)/b30-26+/t18-,22-,24-,25+/m0/s1. The molecule has 35 heavy (non-hydrogen) atoms. The number of ketones is 1. The quantitative estimate of drug-likeness (QED) is 0.582. The number of amides is 1. The van der Waals surface area contributed by atoms with Crippen molar-refractivity contribution in [1.29, 1.82) is 0 Å². The normalized spacial score (nSPS) is 24.8. The van der Waals surface area contributed by atoms with Gasteiger partial charge in [-0.3, -0.25) is 9.59 Å². The molecule has 0 aliphatic heterocycles. The fourth-order valence-electron chi connectivity index (χ4n) is 5.11. The Morgan fingerprint density at radius 3 is 2.06 bits per heavy atom. The average Bonchev–Trinajstić information content (AvgIpc) is 3.08. The summed E-state index contributed by atoms with van der Waals surface area (Å²) >= 11 is 0. The first-order valence-corrected chi connectivity index (χ1v) is 12.9. The third kappa shape index (κ3) is 4.23. The number of hydrogen-bond acceptors (Lipinski definition) is 4. The summed E-state index contributed by atoms with van der Waals surface area (Å²) in [5.41, 5.74) is 1.90. The van der Waals surface area contributed by atoms with Crippen molar-refractivity contribution in [2.75, 3.05) is 0 Å². The van der Waals surface area contributed by atoms with E-state index in [1.165, 1.54) is 12.1 Å². The van der Waals surface area contributed by atoms with E-state index < -0.39 is 21.9 Å². The summed E-state index contributed by atoms with van der Waals surface area (Å²) in [6, 6.07) is 26.2. The summed E-state index contributed by atoms with van der Waals surface area (Å²) < 4.78 is 30.5.